The first kappa shape index (κ1) is 15.7. The number of carbonyl (C=O) groups excluding carboxylic acids is 1. The fraction of sp³-hybridized carbons (Fsp3) is 0.500. The molecule has 0 saturated heterocycles. The van der Waals surface area contributed by atoms with Crippen molar-refractivity contribution < 1.29 is 14.7 Å². The molecule has 1 heterocycles. The van der Waals surface area contributed by atoms with E-state index in [0.29, 0.717) is 0 Å². The number of carboxylic acids is 1. The van der Waals surface area contributed by atoms with E-state index in [1.807, 2.05) is 4.98 Å². The van der Waals surface area contributed by atoms with Crippen molar-refractivity contribution >= 4 is 11.9 Å². The molecule has 3 N–H and O–H groups in total. The van der Waals surface area contributed by atoms with Crippen LogP contribution in [0.1, 0.15) is 20.8 Å². The Kier molecular flexibility index (Phi) is 4.49. The molecule has 8 heteroatoms. The van der Waals surface area contributed by atoms with Crippen LogP contribution < -0.4 is 16.6 Å². The Bertz CT molecular complexity index is 623. The van der Waals surface area contributed by atoms with Gasteiger partial charge < -0.3 is 10.4 Å². The van der Waals surface area contributed by atoms with E-state index in [4.69, 9.17) is 5.11 Å². The average molecular weight is 283 g/mol. The molecule has 1 amide bonds. The molecular weight excluding hydrogens is 266 g/mol. The van der Waals surface area contributed by atoms with E-state index in [2.05, 4.69) is 5.32 Å². The van der Waals surface area contributed by atoms with Crippen molar-refractivity contribution in [3.05, 3.63) is 33.1 Å². The van der Waals surface area contributed by atoms with Gasteiger partial charge in [0.2, 0.25) is 5.91 Å². The summed E-state index contributed by atoms with van der Waals surface area (Å²) < 4.78 is 1.02. The molecule has 0 fully saturated rings. The molecule has 1 rings (SSSR count). The van der Waals surface area contributed by atoms with E-state index < -0.39 is 34.6 Å². The number of aromatic nitrogens is 2. The fourth-order valence-corrected chi connectivity index (χ4v) is 1.34. The van der Waals surface area contributed by atoms with Crippen LogP contribution in [-0.4, -0.2) is 32.6 Å². The molecule has 0 aliphatic rings. The second kappa shape index (κ2) is 5.72. The number of aromatic amines is 1. The Balaban J connectivity index is 2.94. The minimum atomic E-state index is -1.26. The van der Waals surface area contributed by atoms with Gasteiger partial charge in [-0.05, 0) is 0 Å². The Hall–Kier alpha value is -2.38. The van der Waals surface area contributed by atoms with E-state index >= 15 is 0 Å². The predicted octanol–water partition coefficient (Wildman–Crippen LogP) is -0.848. The Morgan fingerprint density at radius 2 is 2.00 bits per heavy atom. The van der Waals surface area contributed by atoms with Crippen LogP contribution in [0.2, 0.25) is 0 Å². The van der Waals surface area contributed by atoms with Crippen molar-refractivity contribution in [2.75, 3.05) is 0 Å². The maximum atomic E-state index is 11.8. The third kappa shape index (κ3) is 4.08. The highest BCUT2D eigenvalue weighted by molar-refractivity contribution is 5.86. The molecule has 110 valence electrons. The summed E-state index contributed by atoms with van der Waals surface area (Å²) in [6.07, 6.45) is 1.18. The molecule has 1 aromatic rings. The SMILES string of the molecule is CC(C)(C)C(=O)N[C@@H](Cn1ccc(=O)[nH]c1=O)C(=O)O. The van der Waals surface area contributed by atoms with Crippen molar-refractivity contribution in [1.82, 2.24) is 14.9 Å². The van der Waals surface area contributed by atoms with Crippen LogP contribution in [0, 0.1) is 5.41 Å². The Morgan fingerprint density at radius 1 is 1.40 bits per heavy atom. The van der Waals surface area contributed by atoms with E-state index in [-0.39, 0.29) is 6.54 Å². The number of hydrogen-bond acceptors (Lipinski definition) is 4. The molecule has 0 aliphatic heterocycles. The number of nitrogens with one attached hydrogen (secondary N) is 2. The highest BCUT2D eigenvalue weighted by Crippen LogP contribution is 2.13. The van der Waals surface area contributed by atoms with Gasteiger partial charge in [0.25, 0.3) is 5.56 Å². The highest BCUT2D eigenvalue weighted by atomic mass is 16.4. The largest absolute Gasteiger partial charge is 0.480 e. The lowest BCUT2D eigenvalue weighted by atomic mass is 9.95. The van der Waals surface area contributed by atoms with E-state index in [0.717, 1.165) is 10.6 Å². The van der Waals surface area contributed by atoms with E-state index in [1.54, 1.807) is 20.8 Å². The van der Waals surface area contributed by atoms with Crippen LogP contribution in [0.15, 0.2) is 21.9 Å². The lowest BCUT2D eigenvalue weighted by Gasteiger charge is -2.22. The van der Waals surface area contributed by atoms with Crippen molar-refractivity contribution in [3.63, 3.8) is 0 Å². The summed E-state index contributed by atoms with van der Waals surface area (Å²) in [5, 5.41) is 11.4. The molecule has 1 atom stereocenters. The second-order valence-corrected chi connectivity index (χ2v) is 5.38. The van der Waals surface area contributed by atoms with Crippen molar-refractivity contribution in [2.24, 2.45) is 5.41 Å². The fourth-order valence-electron chi connectivity index (χ4n) is 1.34. The van der Waals surface area contributed by atoms with Gasteiger partial charge in [-0.2, -0.15) is 0 Å². The molecule has 0 saturated carbocycles. The van der Waals surface area contributed by atoms with Crippen molar-refractivity contribution in [1.29, 1.82) is 0 Å². The summed E-state index contributed by atoms with van der Waals surface area (Å²) in [5.74, 6) is -1.71. The van der Waals surface area contributed by atoms with E-state index in [1.165, 1.54) is 6.20 Å². The zero-order valence-electron chi connectivity index (χ0n) is 11.5. The summed E-state index contributed by atoms with van der Waals surface area (Å²) in [6.45, 7) is 4.67. The number of carbonyl (C=O) groups is 2. The summed E-state index contributed by atoms with van der Waals surface area (Å²) in [5.41, 5.74) is -2.05. The minimum Gasteiger partial charge on any atom is -0.480 e. The molecule has 0 aromatic carbocycles. The highest BCUT2D eigenvalue weighted by Gasteiger charge is 2.27. The van der Waals surface area contributed by atoms with Gasteiger partial charge in [0.15, 0.2) is 0 Å². The maximum absolute atomic E-state index is 11.8. The van der Waals surface area contributed by atoms with Gasteiger partial charge in [0, 0.05) is 17.7 Å². The van der Waals surface area contributed by atoms with E-state index in [9.17, 15) is 19.2 Å². The number of nitrogens with zero attached hydrogens (tertiary/aromatic N) is 1. The number of hydrogen-bond donors (Lipinski definition) is 3. The van der Waals surface area contributed by atoms with Gasteiger partial charge in [-0.1, -0.05) is 20.8 Å². The topological polar surface area (TPSA) is 121 Å². The van der Waals surface area contributed by atoms with Crippen molar-refractivity contribution in [2.45, 2.75) is 33.4 Å². The Morgan fingerprint density at radius 3 is 2.45 bits per heavy atom. The summed E-state index contributed by atoms with van der Waals surface area (Å²) in [6, 6.07) is -0.156. The molecule has 0 unspecified atom stereocenters. The first-order valence-electron chi connectivity index (χ1n) is 5.95. The van der Waals surface area contributed by atoms with Gasteiger partial charge >= 0.3 is 11.7 Å². The summed E-state index contributed by atoms with van der Waals surface area (Å²) >= 11 is 0. The van der Waals surface area contributed by atoms with Gasteiger partial charge in [-0.15, -0.1) is 0 Å². The number of rotatable bonds is 4. The zero-order chi connectivity index (χ0) is 15.5. The molecule has 0 radical (unpaired) electrons. The van der Waals surface area contributed by atoms with Gasteiger partial charge in [-0.25, -0.2) is 9.59 Å². The van der Waals surface area contributed by atoms with Crippen LogP contribution in [0.4, 0.5) is 0 Å². The normalized spacial score (nSPS) is 12.8. The number of carboxylic acid groups (broad SMARTS) is 1. The lowest BCUT2D eigenvalue weighted by molar-refractivity contribution is -0.143. The monoisotopic (exact) mass is 283 g/mol. The predicted molar refractivity (Wildman–Crippen MR) is 70.3 cm³/mol. The standard InChI is InChI=1S/C12H17N3O5/c1-12(2,3)10(19)13-7(9(17)18)6-15-5-4-8(16)14-11(15)20/h4-5,7H,6H2,1-3H3,(H,13,19)(H,17,18)(H,14,16,20)/t7-/m0/s1. The molecule has 0 spiro atoms. The first-order valence-corrected chi connectivity index (χ1v) is 5.95. The number of H-pyrrole nitrogens is 1. The Labute approximate surface area is 114 Å². The van der Waals surface area contributed by atoms with Crippen LogP contribution in [0.25, 0.3) is 0 Å². The van der Waals surface area contributed by atoms with Gasteiger partial charge in [0.1, 0.15) is 6.04 Å². The third-order valence-electron chi connectivity index (χ3n) is 2.56. The molecule has 20 heavy (non-hydrogen) atoms. The minimum absolute atomic E-state index is 0.271. The molecule has 1 aromatic heterocycles. The summed E-state index contributed by atoms with van der Waals surface area (Å²) in [7, 11) is 0. The maximum Gasteiger partial charge on any atom is 0.328 e. The summed E-state index contributed by atoms with van der Waals surface area (Å²) in [4.78, 5) is 47.3. The molecule has 0 aliphatic carbocycles. The molecule has 0 bridgehead atoms. The lowest BCUT2D eigenvalue weighted by Crippen LogP contribution is -2.49. The second-order valence-electron chi connectivity index (χ2n) is 5.38. The van der Waals surface area contributed by atoms with Gasteiger partial charge in [-0.3, -0.25) is 19.1 Å². The van der Waals surface area contributed by atoms with Crippen LogP contribution in [-0.2, 0) is 16.1 Å². The van der Waals surface area contributed by atoms with Gasteiger partial charge in [0.05, 0.1) is 6.54 Å². The average Bonchev–Trinajstić information content (AvgIpc) is 2.29. The van der Waals surface area contributed by atoms with Crippen LogP contribution in [0.5, 0.6) is 0 Å². The van der Waals surface area contributed by atoms with Crippen molar-refractivity contribution in [3.8, 4) is 0 Å². The van der Waals surface area contributed by atoms with Crippen LogP contribution in [0.3, 0.4) is 0 Å². The number of amides is 1. The van der Waals surface area contributed by atoms with Crippen LogP contribution >= 0.6 is 0 Å². The first-order chi connectivity index (χ1) is 9.11. The molecule has 8 nitrogen and oxygen atoms in total. The third-order valence-corrected chi connectivity index (χ3v) is 2.56. The molecular formula is C12H17N3O5. The zero-order valence-corrected chi connectivity index (χ0v) is 11.5. The smallest absolute Gasteiger partial charge is 0.328 e. The quantitative estimate of drug-likeness (QED) is 0.664. The number of aliphatic carboxylic acids is 1.